The number of fused-ring (bicyclic) bond motifs is 1. The molecule has 148 valence electrons. The molecule has 5 nitrogen and oxygen atoms in total. The standard InChI is InChI=1S/C23H23BrN4O/c1-27-15-18(14-25-27)17-7-5-16(6-8-17)12-21-20-13-19(24)9-10-22(20)28(26-21)23-4-2-3-11-29-23/h5-10,13-15,23H,2-4,11-12H2,1H3. The Balaban J connectivity index is 1.47. The van der Waals surface area contributed by atoms with Crippen LogP contribution in [0.1, 0.15) is 36.7 Å². The second-order valence-electron chi connectivity index (χ2n) is 7.65. The van der Waals surface area contributed by atoms with E-state index >= 15 is 0 Å². The molecule has 0 N–H and O–H groups in total. The van der Waals surface area contributed by atoms with Crippen LogP contribution in [0.25, 0.3) is 22.0 Å². The molecule has 1 fully saturated rings. The molecule has 3 heterocycles. The molecule has 2 aromatic heterocycles. The molecule has 0 saturated carbocycles. The molecule has 0 radical (unpaired) electrons. The Morgan fingerprint density at radius 2 is 1.97 bits per heavy atom. The molecule has 1 atom stereocenters. The first kappa shape index (κ1) is 18.6. The Morgan fingerprint density at radius 1 is 1.10 bits per heavy atom. The van der Waals surface area contributed by atoms with Gasteiger partial charge in [0.2, 0.25) is 0 Å². The predicted octanol–water partition coefficient (Wildman–Crippen LogP) is 5.49. The average molecular weight is 451 g/mol. The minimum Gasteiger partial charge on any atom is -0.356 e. The van der Waals surface area contributed by atoms with Crippen LogP contribution in [-0.2, 0) is 18.2 Å². The van der Waals surface area contributed by atoms with Gasteiger partial charge in [-0.1, -0.05) is 40.2 Å². The molecule has 6 heteroatoms. The Bertz CT molecular complexity index is 1140. The summed E-state index contributed by atoms with van der Waals surface area (Å²) in [4.78, 5) is 0. The summed E-state index contributed by atoms with van der Waals surface area (Å²) in [7, 11) is 1.94. The molecule has 1 unspecified atom stereocenters. The second kappa shape index (κ2) is 7.76. The zero-order valence-corrected chi connectivity index (χ0v) is 18.0. The topological polar surface area (TPSA) is 44.9 Å². The van der Waals surface area contributed by atoms with Crippen LogP contribution in [0.4, 0.5) is 0 Å². The molecule has 29 heavy (non-hydrogen) atoms. The van der Waals surface area contributed by atoms with E-state index in [0.29, 0.717) is 0 Å². The number of hydrogen-bond donors (Lipinski definition) is 0. The summed E-state index contributed by atoms with van der Waals surface area (Å²) >= 11 is 3.62. The highest BCUT2D eigenvalue weighted by Gasteiger charge is 2.21. The molecular formula is C23H23BrN4O. The number of nitrogens with zero attached hydrogens (tertiary/aromatic N) is 4. The smallest absolute Gasteiger partial charge is 0.150 e. The maximum atomic E-state index is 6.01. The van der Waals surface area contributed by atoms with E-state index in [-0.39, 0.29) is 6.23 Å². The second-order valence-corrected chi connectivity index (χ2v) is 8.57. The van der Waals surface area contributed by atoms with Crippen LogP contribution in [0.15, 0.2) is 59.3 Å². The Hall–Kier alpha value is -2.44. The summed E-state index contributed by atoms with van der Waals surface area (Å²) in [6, 6.07) is 15.1. The van der Waals surface area contributed by atoms with Crippen molar-refractivity contribution in [3.05, 3.63) is 70.6 Å². The van der Waals surface area contributed by atoms with E-state index in [2.05, 4.69) is 68.2 Å². The van der Waals surface area contributed by atoms with Crippen LogP contribution in [0, 0.1) is 0 Å². The highest BCUT2D eigenvalue weighted by atomic mass is 79.9. The van der Waals surface area contributed by atoms with Gasteiger partial charge in [0.05, 0.1) is 17.4 Å². The van der Waals surface area contributed by atoms with Crippen molar-refractivity contribution in [2.24, 2.45) is 7.05 Å². The molecule has 1 saturated heterocycles. The van der Waals surface area contributed by atoms with Crippen molar-refractivity contribution in [2.75, 3.05) is 6.61 Å². The van der Waals surface area contributed by atoms with Gasteiger partial charge < -0.3 is 4.74 Å². The third-order valence-corrected chi connectivity index (χ3v) is 6.03. The summed E-state index contributed by atoms with van der Waals surface area (Å²) in [6.45, 7) is 0.813. The van der Waals surface area contributed by atoms with E-state index in [4.69, 9.17) is 9.84 Å². The third kappa shape index (κ3) is 3.74. The first-order valence-corrected chi connectivity index (χ1v) is 10.8. The Kier molecular flexibility index (Phi) is 4.97. The Morgan fingerprint density at radius 3 is 2.69 bits per heavy atom. The summed E-state index contributed by atoms with van der Waals surface area (Å²) in [5.41, 5.74) is 5.78. The molecule has 0 amide bonds. The lowest BCUT2D eigenvalue weighted by Crippen LogP contribution is -2.19. The lowest BCUT2D eigenvalue weighted by molar-refractivity contribution is -0.0368. The van der Waals surface area contributed by atoms with Gasteiger partial charge in [0.25, 0.3) is 0 Å². The molecule has 1 aliphatic rings. The number of aryl methyl sites for hydroxylation is 1. The largest absolute Gasteiger partial charge is 0.356 e. The number of aromatic nitrogens is 4. The fourth-order valence-electron chi connectivity index (χ4n) is 4.02. The van der Waals surface area contributed by atoms with Crippen molar-refractivity contribution in [2.45, 2.75) is 31.9 Å². The van der Waals surface area contributed by atoms with E-state index < -0.39 is 0 Å². The van der Waals surface area contributed by atoms with Gasteiger partial charge in [-0.05, 0) is 48.6 Å². The van der Waals surface area contributed by atoms with Gasteiger partial charge in [-0.15, -0.1) is 0 Å². The highest BCUT2D eigenvalue weighted by molar-refractivity contribution is 9.10. The quantitative estimate of drug-likeness (QED) is 0.412. The predicted molar refractivity (Wildman–Crippen MR) is 118 cm³/mol. The van der Waals surface area contributed by atoms with Gasteiger partial charge in [0.15, 0.2) is 6.23 Å². The first-order valence-electron chi connectivity index (χ1n) is 10.0. The number of benzene rings is 2. The van der Waals surface area contributed by atoms with Crippen LogP contribution >= 0.6 is 15.9 Å². The average Bonchev–Trinajstić information content (AvgIpc) is 3.33. The fraction of sp³-hybridized carbons (Fsp3) is 0.304. The van der Waals surface area contributed by atoms with E-state index in [9.17, 15) is 0 Å². The first-order chi connectivity index (χ1) is 14.2. The number of halogens is 1. The molecule has 2 aromatic carbocycles. The lowest BCUT2D eigenvalue weighted by Gasteiger charge is -2.23. The zero-order chi connectivity index (χ0) is 19.8. The van der Waals surface area contributed by atoms with Crippen molar-refractivity contribution in [1.82, 2.24) is 19.6 Å². The van der Waals surface area contributed by atoms with E-state index in [1.165, 1.54) is 22.9 Å². The van der Waals surface area contributed by atoms with Gasteiger partial charge in [-0.2, -0.15) is 10.2 Å². The third-order valence-electron chi connectivity index (χ3n) is 5.54. The van der Waals surface area contributed by atoms with Crippen LogP contribution in [0.5, 0.6) is 0 Å². The van der Waals surface area contributed by atoms with Crippen LogP contribution in [-0.4, -0.2) is 26.2 Å². The van der Waals surface area contributed by atoms with Crippen molar-refractivity contribution in [3.8, 4) is 11.1 Å². The normalized spacial score (nSPS) is 17.1. The summed E-state index contributed by atoms with van der Waals surface area (Å²) in [5, 5.41) is 10.4. The van der Waals surface area contributed by atoms with Gasteiger partial charge in [0.1, 0.15) is 0 Å². The van der Waals surface area contributed by atoms with Gasteiger partial charge >= 0.3 is 0 Å². The molecule has 0 spiro atoms. The van der Waals surface area contributed by atoms with Crippen LogP contribution < -0.4 is 0 Å². The maximum Gasteiger partial charge on any atom is 0.150 e. The zero-order valence-electron chi connectivity index (χ0n) is 16.4. The molecule has 0 bridgehead atoms. The summed E-state index contributed by atoms with van der Waals surface area (Å²) < 4.78 is 11.0. The molecule has 1 aliphatic heterocycles. The van der Waals surface area contributed by atoms with E-state index in [1.807, 2.05) is 24.1 Å². The lowest BCUT2D eigenvalue weighted by atomic mass is 10.0. The van der Waals surface area contributed by atoms with Gasteiger partial charge in [-0.25, -0.2) is 4.68 Å². The number of ether oxygens (including phenoxy) is 1. The van der Waals surface area contributed by atoms with Gasteiger partial charge in [0, 0.05) is 41.7 Å². The number of hydrogen-bond acceptors (Lipinski definition) is 3. The number of rotatable bonds is 4. The van der Waals surface area contributed by atoms with Crippen molar-refractivity contribution in [3.63, 3.8) is 0 Å². The molecule has 4 aromatic rings. The minimum atomic E-state index is 0.0362. The maximum absolute atomic E-state index is 6.01. The molecule has 0 aliphatic carbocycles. The van der Waals surface area contributed by atoms with E-state index in [0.717, 1.165) is 47.1 Å². The SMILES string of the molecule is Cn1cc(-c2ccc(Cc3nn(C4CCCCO4)c4ccc(Br)cc34)cc2)cn1. The summed E-state index contributed by atoms with van der Waals surface area (Å²) in [5.74, 6) is 0. The van der Waals surface area contributed by atoms with Crippen molar-refractivity contribution in [1.29, 1.82) is 0 Å². The minimum absolute atomic E-state index is 0.0362. The van der Waals surface area contributed by atoms with E-state index in [1.54, 1.807) is 0 Å². The molecular weight excluding hydrogens is 428 g/mol. The summed E-state index contributed by atoms with van der Waals surface area (Å²) in [6.07, 6.45) is 8.10. The monoisotopic (exact) mass is 450 g/mol. The Labute approximate surface area is 178 Å². The fourth-order valence-corrected chi connectivity index (χ4v) is 4.38. The molecule has 5 rings (SSSR count). The van der Waals surface area contributed by atoms with Crippen LogP contribution in [0.2, 0.25) is 0 Å². The highest BCUT2D eigenvalue weighted by Crippen LogP contribution is 2.31. The van der Waals surface area contributed by atoms with Crippen molar-refractivity contribution < 1.29 is 4.74 Å². The van der Waals surface area contributed by atoms with Crippen molar-refractivity contribution >= 4 is 26.8 Å². The van der Waals surface area contributed by atoms with Crippen LogP contribution in [0.3, 0.4) is 0 Å². The van der Waals surface area contributed by atoms with Gasteiger partial charge in [-0.3, -0.25) is 4.68 Å².